The highest BCUT2D eigenvalue weighted by molar-refractivity contribution is 7.89. The van der Waals surface area contributed by atoms with E-state index in [4.69, 9.17) is 5.73 Å². The van der Waals surface area contributed by atoms with Crippen LogP contribution >= 0.6 is 0 Å². The highest BCUT2D eigenvalue weighted by atomic mass is 32.2. The molecule has 1 aliphatic heterocycles. The molecule has 2 aromatic rings. The summed E-state index contributed by atoms with van der Waals surface area (Å²) >= 11 is 0. The summed E-state index contributed by atoms with van der Waals surface area (Å²) in [7, 11) is -3.68. The summed E-state index contributed by atoms with van der Waals surface area (Å²) in [4.78, 5) is 27.0. The number of amides is 2. The Morgan fingerprint density at radius 3 is 2.42 bits per heavy atom. The Kier molecular flexibility index (Phi) is 5.72. The molecule has 0 unspecified atom stereocenters. The van der Waals surface area contributed by atoms with Crippen molar-refractivity contribution in [2.24, 2.45) is 5.73 Å². The first-order chi connectivity index (χ1) is 14.7. The van der Waals surface area contributed by atoms with Crippen LogP contribution in [0, 0.1) is 6.92 Å². The topological polar surface area (TPSA) is 122 Å². The standard InChI is InChI=1S/C22H26N4O4S/c1-14-4-8-17(31(29,30)25-16-6-7-16)13-18(14)22(28)24-19-12-15(21(23)27)5-9-20(19)26-10-2-3-11-26/h4-5,8-9,12-13,16,25H,2-3,6-7,10-11H2,1H3,(H2,23,27)(H,24,28). The lowest BCUT2D eigenvalue weighted by Crippen LogP contribution is -2.26. The third-order valence-corrected chi connectivity index (χ3v) is 7.16. The van der Waals surface area contributed by atoms with Crippen molar-refractivity contribution in [2.45, 2.75) is 43.5 Å². The van der Waals surface area contributed by atoms with Crippen LogP contribution in [0.25, 0.3) is 0 Å². The highest BCUT2D eigenvalue weighted by Gasteiger charge is 2.28. The molecule has 0 spiro atoms. The minimum atomic E-state index is -3.68. The van der Waals surface area contributed by atoms with Gasteiger partial charge in [0.1, 0.15) is 0 Å². The summed E-state index contributed by atoms with van der Waals surface area (Å²) in [6.07, 6.45) is 3.76. The second-order valence-corrected chi connectivity index (χ2v) is 9.83. The van der Waals surface area contributed by atoms with E-state index in [1.54, 1.807) is 31.2 Å². The van der Waals surface area contributed by atoms with Crippen molar-refractivity contribution in [3.05, 3.63) is 53.1 Å². The van der Waals surface area contributed by atoms with Crippen LogP contribution in [0.2, 0.25) is 0 Å². The van der Waals surface area contributed by atoms with Gasteiger partial charge in [-0.1, -0.05) is 6.07 Å². The van der Waals surface area contributed by atoms with Crippen molar-refractivity contribution < 1.29 is 18.0 Å². The molecule has 0 radical (unpaired) electrons. The van der Waals surface area contributed by atoms with Gasteiger partial charge in [0.25, 0.3) is 5.91 Å². The zero-order valence-electron chi connectivity index (χ0n) is 17.3. The molecule has 4 rings (SSSR count). The molecule has 2 fully saturated rings. The fourth-order valence-corrected chi connectivity index (χ4v) is 5.05. The van der Waals surface area contributed by atoms with Crippen LogP contribution in [0.15, 0.2) is 41.3 Å². The maximum atomic E-state index is 13.1. The Bertz CT molecular complexity index is 1140. The first-order valence-corrected chi connectivity index (χ1v) is 11.9. The molecule has 0 atom stereocenters. The monoisotopic (exact) mass is 442 g/mol. The number of hydrogen-bond donors (Lipinski definition) is 3. The second-order valence-electron chi connectivity index (χ2n) is 8.12. The van der Waals surface area contributed by atoms with E-state index in [0.29, 0.717) is 16.8 Å². The normalized spacial score (nSPS) is 16.4. The van der Waals surface area contributed by atoms with Crippen LogP contribution in [0.1, 0.15) is 52.0 Å². The smallest absolute Gasteiger partial charge is 0.256 e. The molecular formula is C22H26N4O4S. The van der Waals surface area contributed by atoms with E-state index < -0.39 is 21.8 Å². The van der Waals surface area contributed by atoms with Crippen LogP contribution in [-0.2, 0) is 10.0 Å². The van der Waals surface area contributed by atoms with Crippen molar-refractivity contribution >= 4 is 33.2 Å². The lowest BCUT2D eigenvalue weighted by molar-refractivity contribution is 0.0996. The predicted molar refractivity (Wildman–Crippen MR) is 119 cm³/mol. The lowest BCUT2D eigenvalue weighted by Gasteiger charge is -2.22. The summed E-state index contributed by atoms with van der Waals surface area (Å²) in [5.41, 5.74) is 7.92. The first-order valence-electron chi connectivity index (χ1n) is 10.4. The minimum Gasteiger partial charge on any atom is -0.370 e. The number of aryl methyl sites for hydroxylation is 1. The number of rotatable bonds is 7. The molecule has 1 saturated heterocycles. The number of hydrogen-bond acceptors (Lipinski definition) is 5. The maximum absolute atomic E-state index is 13.1. The summed E-state index contributed by atoms with van der Waals surface area (Å²) in [5.74, 6) is -1.03. The van der Waals surface area contributed by atoms with Crippen molar-refractivity contribution in [3.8, 4) is 0 Å². The zero-order chi connectivity index (χ0) is 22.2. The summed E-state index contributed by atoms with van der Waals surface area (Å²) in [6, 6.07) is 9.49. The van der Waals surface area contributed by atoms with Gasteiger partial charge in [-0.25, -0.2) is 13.1 Å². The number of nitrogens with two attached hydrogens (primary N) is 1. The summed E-state index contributed by atoms with van der Waals surface area (Å²) < 4.78 is 27.8. The number of benzene rings is 2. The first kappa shape index (κ1) is 21.3. The van der Waals surface area contributed by atoms with Crippen molar-refractivity contribution in [1.29, 1.82) is 0 Å². The van der Waals surface area contributed by atoms with Crippen LogP contribution in [-0.4, -0.2) is 39.4 Å². The molecule has 0 aromatic heterocycles. The molecule has 1 aliphatic carbocycles. The Morgan fingerprint density at radius 2 is 1.77 bits per heavy atom. The Hall–Kier alpha value is -2.91. The average molecular weight is 443 g/mol. The van der Waals surface area contributed by atoms with Crippen LogP contribution in [0.3, 0.4) is 0 Å². The molecule has 1 heterocycles. The molecule has 8 nitrogen and oxygen atoms in total. The highest BCUT2D eigenvalue weighted by Crippen LogP contribution is 2.31. The van der Waals surface area contributed by atoms with E-state index in [0.717, 1.165) is 44.5 Å². The predicted octanol–water partition coefficient (Wildman–Crippen LogP) is 2.39. The van der Waals surface area contributed by atoms with Gasteiger partial charge in [0.05, 0.1) is 16.3 Å². The van der Waals surface area contributed by atoms with Crippen molar-refractivity contribution in [2.75, 3.05) is 23.3 Å². The molecule has 31 heavy (non-hydrogen) atoms. The third-order valence-electron chi connectivity index (χ3n) is 5.64. The van der Waals surface area contributed by atoms with Gasteiger partial charge in [-0.2, -0.15) is 0 Å². The maximum Gasteiger partial charge on any atom is 0.256 e. The zero-order valence-corrected chi connectivity index (χ0v) is 18.2. The van der Waals surface area contributed by atoms with Gasteiger partial charge in [0.2, 0.25) is 15.9 Å². The number of anilines is 2. The van der Waals surface area contributed by atoms with E-state index in [1.165, 1.54) is 12.1 Å². The van der Waals surface area contributed by atoms with Gasteiger partial charge in [0.15, 0.2) is 0 Å². The molecule has 4 N–H and O–H groups in total. The molecular weight excluding hydrogens is 416 g/mol. The van der Waals surface area contributed by atoms with Crippen LogP contribution < -0.4 is 20.7 Å². The average Bonchev–Trinajstić information content (AvgIpc) is 3.35. The van der Waals surface area contributed by atoms with Crippen LogP contribution in [0.5, 0.6) is 0 Å². The SMILES string of the molecule is Cc1ccc(S(=O)(=O)NC2CC2)cc1C(=O)Nc1cc(C(N)=O)ccc1N1CCCC1. The molecule has 9 heteroatoms. The van der Waals surface area contributed by atoms with Crippen molar-refractivity contribution in [1.82, 2.24) is 4.72 Å². The van der Waals surface area contributed by atoms with Gasteiger partial charge in [-0.15, -0.1) is 0 Å². The fourth-order valence-electron chi connectivity index (χ4n) is 3.71. The molecule has 0 bridgehead atoms. The second kappa shape index (κ2) is 8.32. The number of primary amides is 1. The summed E-state index contributed by atoms with van der Waals surface area (Å²) in [6.45, 7) is 3.47. The van der Waals surface area contributed by atoms with E-state index in [9.17, 15) is 18.0 Å². The van der Waals surface area contributed by atoms with E-state index in [2.05, 4.69) is 14.9 Å². The molecule has 2 aromatic carbocycles. The molecule has 1 saturated carbocycles. The number of nitrogens with one attached hydrogen (secondary N) is 2. The van der Waals surface area contributed by atoms with Gasteiger partial charge in [-0.05, 0) is 68.5 Å². The summed E-state index contributed by atoms with van der Waals surface area (Å²) in [5, 5.41) is 2.87. The largest absolute Gasteiger partial charge is 0.370 e. The number of nitrogens with zero attached hydrogens (tertiary/aromatic N) is 1. The molecule has 164 valence electrons. The van der Waals surface area contributed by atoms with Gasteiger partial charge in [0, 0.05) is 30.3 Å². The number of sulfonamides is 1. The van der Waals surface area contributed by atoms with E-state index in [-0.39, 0.29) is 16.5 Å². The number of carbonyl (C=O) groups excluding carboxylic acids is 2. The van der Waals surface area contributed by atoms with Crippen molar-refractivity contribution in [3.63, 3.8) is 0 Å². The molecule has 2 amide bonds. The van der Waals surface area contributed by atoms with Gasteiger partial charge < -0.3 is 16.0 Å². The minimum absolute atomic E-state index is 0.0249. The fraction of sp³-hybridized carbons (Fsp3) is 0.364. The Morgan fingerprint density at radius 1 is 1.06 bits per heavy atom. The van der Waals surface area contributed by atoms with E-state index in [1.807, 2.05) is 0 Å². The third kappa shape index (κ3) is 4.72. The Balaban J connectivity index is 1.65. The molecule has 2 aliphatic rings. The Labute approximate surface area is 181 Å². The van der Waals surface area contributed by atoms with E-state index >= 15 is 0 Å². The number of carbonyl (C=O) groups is 2. The quantitative estimate of drug-likeness (QED) is 0.608. The van der Waals surface area contributed by atoms with Gasteiger partial charge in [-0.3, -0.25) is 9.59 Å². The van der Waals surface area contributed by atoms with Gasteiger partial charge >= 0.3 is 0 Å². The lowest BCUT2D eigenvalue weighted by atomic mass is 10.1. The van der Waals surface area contributed by atoms with Crippen LogP contribution in [0.4, 0.5) is 11.4 Å².